The van der Waals surface area contributed by atoms with Gasteiger partial charge in [-0.3, -0.25) is 0 Å². The fourth-order valence-electron chi connectivity index (χ4n) is 2.59. The average Bonchev–Trinajstić information content (AvgIpc) is 2.87. The van der Waals surface area contributed by atoms with E-state index in [1.165, 1.54) is 51.7 Å². The molecule has 3 fully saturated rings. The van der Waals surface area contributed by atoms with Crippen molar-refractivity contribution in [2.45, 2.75) is 37.7 Å². The molecular formula is C11H19NO. The largest absolute Gasteiger partial charge is 0.375 e. The van der Waals surface area contributed by atoms with Crippen molar-refractivity contribution in [3.8, 4) is 0 Å². The summed E-state index contributed by atoms with van der Waals surface area (Å²) in [4.78, 5) is 2.64. The van der Waals surface area contributed by atoms with Gasteiger partial charge in [0.05, 0.1) is 12.2 Å². The van der Waals surface area contributed by atoms with Crippen LogP contribution in [0.25, 0.3) is 0 Å². The molecule has 2 heterocycles. The van der Waals surface area contributed by atoms with Gasteiger partial charge in [0.1, 0.15) is 0 Å². The van der Waals surface area contributed by atoms with E-state index in [4.69, 9.17) is 4.74 Å². The van der Waals surface area contributed by atoms with Gasteiger partial charge in [0, 0.05) is 19.6 Å². The molecule has 1 spiro atoms. The molecule has 0 unspecified atom stereocenters. The SMILES string of the molecule is C1CC2(CCN(CC3CC3)CC2)O1. The Kier molecular flexibility index (Phi) is 1.88. The molecule has 0 aromatic rings. The van der Waals surface area contributed by atoms with Gasteiger partial charge in [-0.25, -0.2) is 0 Å². The van der Waals surface area contributed by atoms with Crippen LogP contribution in [0.2, 0.25) is 0 Å². The first-order chi connectivity index (χ1) is 6.36. The number of hydrogen-bond donors (Lipinski definition) is 0. The summed E-state index contributed by atoms with van der Waals surface area (Å²) in [6, 6.07) is 0. The van der Waals surface area contributed by atoms with Crippen LogP contribution in [0.4, 0.5) is 0 Å². The third-order valence-electron chi connectivity index (χ3n) is 3.95. The summed E-state index contributed by atoms with van der Waals surface area (Å²) >= 11 is 0. The van der Waals surface area contributed by atoms with Crippen LogP contribution in [0.1, 0.15) is 32.1 Å². The zero-order chi connectivity index (χ0) is 8.73. The minimum Gasteiger partial charge on any atom is -0.375 e. The number of piperidine rings is 1. The zero-order valence-electron chi connectivity index (χ0n) is 8.30. The molecule has 2 nitrogen and oxygen atoms in total. The molecule has 74 valence electrons. The Morgan fingerprint density at radius 3 is 2.31 bits per heavy atom. The van der Waals surface area contributed by atoms with E-state index in [0.29, 0.717) is 5.60 Å². The van der Waals surface area contributed by atoms with E-state index in [1.807, 2.05) is 0 Å². The van der Waals surface area contributed by atoms with Gasteiger partial charge in [-0.2, -0.15) is 0 Å². The van der Waals surface area contributed by atoms with Crippen LogP contribution in [-0.4, -0.2) is 36.7 Å². The Balaban J connectivity index is 1.48. The van der Waals surface area contributed by atoms with Crippen molar-refractivity contribution in [3.05, 3.63) is 0 Å². The smallest absolute Gasteiger partial charge is 0.0728 e. The monoisotopic (exact) mass is 181 g/mol. The van der Waals surface area contributed by atoms with Gasteiger partial charge in [-0.15, -0.1) is 0 Å². The van der Waals surface area contributed by atoms with Crippen molar-refractivity contribution in [2.24, 2.45) is 5.92 Å². The molecule has 0 atom stereocenters. The Hall–Kier alpha value is -0.0800. The summed E-state index contributed by atoms with van der Waals surface area (Å²) in [6.45, 7) is 4.96. The molecule has 3 rings (SSSR count). The van der Waals surface area contributed by atoms with E-state index in [9.17, 15) is 0 Å². The molecule has 0 aromatic heterocycles. The molecule has 1 aliphatic carbocycles. The van der Waals surface area contributed by atoms with Gasteiger partial charge in [0.15, 0.2) is 0 Å². The molecule has 2 saturated heterocycles. The van der Waals surface area contributed by atoms with E-state index >= 15 is 0 Å². The Bertz CT molecular complexity index is 186. The number of ether oxygens (including phenoxy) is 1. The average molecular weight is 181 g/mol. The topological polar surface area (TPSA) is 12.5 Å². The number of nitrogens with zero attached hydrogens (tertiary/aromatic N) is 1. The highest BCUT2D eigenvalue weighted by atomic mass is 16.5. The second-order valence-corrected chi connectivity index (χ2v) is 5.03. The van der Waals surface area contributed by atoms with Crippen molar-refractivity contribution in [2.75, 3.05) is 26.2 Å². The number of rotatable bonds is 2. The second kappa shape index (κ2) is 2.96. The van der Waals surface area contributed by atoms with Gasteiger partial charge in [0.25, 0.3) is 0 Å². The molecule has 13 heavy (non-hydrogen) atoms. The van der Waals surface area contributed by atoms with Crippen LogP contribution in [0.15, 0.2) is 0 Å². The third kappa shape index (κ3) is 1.62. The highest BCUT2D eigenvalue weighted by Gasteiger charge is 2.41. The van der Waals surface area contributed by atoms with Crippen molar-refractivity contribution < 1.29 is 4.74 Å². The first kappa shape index (κ1) is 8.25. The maximum atomic E-state index is 5.70. The van der Waals surface area contributed by atoms with Gasteiger partial charge >= 0.3 is 0 Å². The maximum absolute atomic E-state index is 5.70. The fourth-order valence-corrected chi connectivity index (χ4v) is 2.59. The van der Waals surface area contributed by atoms with Crippen molar-refractivity contribution in [1.82, 2.24) is 4.90 Å². The zero-order valence-corrected chi connectivity index (χ0v) is 8.30. The van der Waals surface area contributed by atoms with Crippen LogP contribution in [0.5, 0.6) is 0 Å². The van der Waals surface area contributed by atoms with Crippen molar-refractivity contribution >= 4 is 0 Å². The summed E-state index contributed by atoms with van der Waals surface area (Å²) in [5, 5.41) is 0. The lowest BCUT2D eigenvalue weighted by molar-refractivity contribution is -0.172. The minimum absolute atomic E-state index is 0.347. The Labute approximate surface area is 80.2 Å². The van der Waals surface area contributed by atoms with E-state index in [2.05, 4.69) is 4.90 Å². The van der Waals surface area contributed by atoms with Gasteiger partial charge in [-0.05, 0) is 38.0 Å². The molecule has 0 amide bonds. The predicted molar refractivity (Wildman–Crippen MR) is 51.7 cm³/mol. The molecule has 2 heteroatoms. The van der Waals surface area contributed by atoms with Gasteiger partial charge < -0.3 is 9.64 Å². The summed E-state index contributed by atoms with van der Waals surface area (Å²) in [7, 11) is 0. The first-order valence-corrected chi connectivity index (χ1v) is 5.73. The number of likely N-dealkylation sites (tertiary alicyclic amines) is 1. The molecule has 0 radical (unpaired) electrons. The minimum atomic E-state index is 0.347. The van der Waals surface area contributed by atoms with E-state index in [-0.39, 0.29) is 0 Å². The molecule has 1 saturated carbocycles. The molecule has 2 aliphatic heterocycles. The standard InChI is InChI=1S/C11H19NO/c1-2-10(1)9-12-6-3-11(4-7-12)5-8-13-11/h10H,1-9H2. The highest BCUT2D eigenvalue weighted by Crippen LogP contribution is 2.38. The van der Waals surface area contributed by atoms with E-state index in [1.54, 1.807) is 0 Å². The molecular weight excluding hydrogens is 162 g/mol. The molecule has 0 aromatic carbocycles. The summed E-state index contributed by atoms with van der Waals surface area (Å²) < 4.78 is 5.70. The van der Waals surface area contributed by atoms with Crippen LogP contribution in [-0.2, 0) is 4.74 Å². The third-order valence-corrected chi connectivity index (χ3v) is 3.95. The summed E-state index contributed by atoms with van der Waals surface area (Å²) in [5.74, 6) is 1.05. The van der Waals surface area contributed by atoms with Gasteiger partial charge in [-0.1, -0.05) is 0 Å². The highest BCUT2D eigenvalue weighted by molar-refractivity contribution is 4.93. The van der Waals surface area contributed by atoms with Crippen molar-refractivity contribution in [3.63, 3.8) is 0 Å². The molecule has 0 N–H and O–H groups in total. The fraction of sp³-hybridized carbons (Fsp3) is 1.00. The normalized spacial score (nSPS) is 33.2. The molecule has 0 bridgehead atoms. The second-order valence-electron chi connectivity index (χ2n) is 5.03. The lowest BCUT2D eigenvalue weighted by Crippen LogP contribution is -2.52. The lowest BCUT2D eigenvalue weighted by atomic mass is 9.84. The van der Waals surface area contributed by atoms with E-state index in [0.717, 1.165) is 12.5 Å². The van der Waals surface area contributed by atoms with Crippen LogP contribution >= 0.6 is 0 Å². The predicted octanol–water partition coefficient (Wildman–Crippen LogP) is 1.65. The summed E-state index contributed by atoms with van der Waals surface area (Å²) in [6.07, 6.45) is 6.87. The van der Waals surface area contributed by atoms with Crippen LogP contribution in [0.3, 0.4) is 0 Å². The molecule has 3 aliphatic rings. The summed E-state index contributed by atoms with van der Waals surface area (Å²) in [5.41, 5.74) is 0.347. The lowest BCUT2D eigenvalue weighted by Gasteiger charge is -2.47. The Morgan fingerprint density at radius 2 is 1.85 bits per heavy atom. The van der Waals surface area contributed by atoms with Gasteiger partial charge in [0.2, 0.25) is 0 Å². The quantitative estimate of drug-likeness (QED) is 0.642. The maximum Gasteiger partial charge on any atom is 0.0728 e. The number of hydrogen-bond acceptors (Lipinski definition) is 2. The first-order valence-electron chi connectivity index (χ1n) is 5.73. The Morgan fingerprint density at radius 1 is 1.15 bits per heavy atom. The van der Waals surface area contributed by atoms with Crippen LogP contribution in [0, 0.1) is 5.92 Å². The van der Waals surface area contributed by atoms with Crippen molar-refractivity contribution in [1.29, 1.82) is 0 Å². The van der Waals surface area contributed by atoms with E-state index < -0.39 is 0 Å². The van der Waals surface area contributed by atoms with Crippen LogP contribution < -0.4 is 0 Å².